The fourth-order valence-corrected chi connectivity index (χ4v) is 8.42. The topological polar surface area (TPSA) is 48.5 Å². The van der Waals surface area contributed by atoms with Gasteiger partial charge in [-0.15, -0.1) is 0 Å². The highest BCUT2D eigenvalue weighted by Gasteiger charge is 2.18. The van der Waals surface area contributed by atoms with Crippen LogP contribution in [0.5, 0.6) is 0 Å². The van der Waals surface area contributed by atoms with E-state index in [1.165, 1.54) is 54.7 Å². The van der Waals surface area contributed by atoms with Crippen molar-refractivity contribution in [3.05, 3.63) is 200 Å². The molecule has 8 aromatic carbocycles. The first-order valence-corrected chi connectivity index (χ1v) is 19.3. The van der Waals surface area contributed by atoms with Crippen molar-refractivity contribution in [1.29, 1.82) is 0 Å². The van der Waals surface area contributed by atoms with Crippen molar-refractivity contribution >= 4 is 43.5 Å². The molecule has 0 aliphatic rings. The number of fused-ring (bicyclic) bond motifs is 7. The summed E-state index contributed by atoms with van der Waals surface area (Å²) in [6, 6.07) is 66.3. The summed E-state index contributed by atoms with van der Waals surface area (Å²) in [6.07, 6.45) is 2.20. The van der Waals surface area contributed by atoms with Gasteiger partial charge in [0.05, 0.1) is 16.6 Å². The summed E-state index contributed by atoms with van der Waals surface area (Å²) in [5.74, 6) is 1.93. The van der Waals surface area contributed by atoms with E-state index in [1.807, 2.05) is 60.7 Å². The third kappa shape index (κ3) is 5.51. The van der Waals surface area contributed by atoms with E-state index in [1.54, 1.807) is 0 Å². The molecule has 0 bridgehead atoms. The maximum absolute atomic E-state index is 5.00. The van der Waals surface area contributed by atoms with Gasteiger partial charge in [-0.25, -0.2) is 15.0 Å². The first-order chi connectivity index (χ1) is 28.2. The maximum atomic E-state index is 5.00. The van der Waals surface area contributed by atoms with Crippen molar-refractivity contribution in [2.45, 2.75) is 6.92 Å². The Morgan fingerprint density at radius 2 is 1.00 bits per heavy atom. The molecule has 5 heteroatoms. The minimum Gasteiger partial charge on any atom is -0.316 e. The average molecular weight is 730 g/mol. The van der Waals surface area contributed by atoms with Crippen LogP contribution in [0.2, 0.25) is 0 Å². The van der Waals surface area contributed by atoms with Crippen LogP contribution in [0.15, 0.2) is 194 Å². The molecule has 5 nitrogen and oxygen atoms in total. The Bertz CT molecular complexity index is 3250. The Balaban J connectivity index is 1.05. The molecule has 11 rings (SSSR count). The molecule has 57 heavy (non-hydrogen) atoms. The Kier molecular flexibility index (Phi) is 7.64. The molecule has 11 aromatic rings. The lowest BCUT2D eigenvalue weighted by Gasteiger charge is -2.13. The summed E-state index contributed by atoms with van der Waals surface area (Å²) in [6.45, 7) is 2.18. The second-order valence-corrected chi connectivity index (χ2v) is 14.6. The van der Waals surface area contributed by atoms with E-state index in [-0.39, 0.29) is 0 Å². The van der Waals surface area contributed by atoms with Crippen LogP contribution in [0.3, 0.4) is 0 Å². The van der Waals surface area contributed by atoms with E-state index >= 15 is 0 Å². The summed E-state index contributed by atoms with van der Waals surface area (Å²) in [5.41, 5.74) is 12.2. The monoisotopic (exact) mass is 729 g/mol. The second kappa shape index (κ2) is 13.3. The van der Waals surface area contributed by atoms with Gasteiger partial charge >= 0.3 is 0 Å². The number of hydrogen-bond acceptors (Lipinski definition) is 3. The highest BCUT2D eigenvalue weighted by Crippen LogP contribution is 2.40. The summed E-state index contributed by atoms with van der Waals surface area (Å²) >= 11 is 0. The van der Waals surface area contributed by atoms with Crippen LogP contribution in [0.4, 0.5) is 0 Å². The lowest BCUT2D eigenvalue weighted by Crippen LogP contribution is -2.00. The predicted octanol–water partition coefficient (Wildman–Crippen LogP) is 13.0. The molecule has 0 aliphatic heterocycles. The van der Waals surface area contributed by atoms with Gasteiger partial charge in [0.25, 0.3) is 0 Å². The molecular formula is C52H35N5. The van der Waals surface area contributed by atoms with Crippen molar-refractivity contribution in [1.82, 2.24) is 24.1 Å². The molecular weight excluding hydrogens is 695 g/mol. The molecule has 0 saturated carbocycles. The average Bonchev–Trinajstić information content (AvgIpc) is 3.87. The zero-order valence-corrected chi connectivity index (χ0v) is 31.2. The molecule has 0 N–H and O–H groups in total. The Morgan fingerprint density at radius 1 is 0.404 bits per heavy atom. The normalized spacial score (nSPS) is 11.6. The zero-order valence-electron chi connectivity index (χ0n) is 31.2. The van der Waals surface area contributed by atoms with Crippen molar-refractivity contribution in [2.75, 3.05) is 0 Å². The van der Waals surface area contributed by atoms with Crippen LogP contribution in [0, 0.1) is 6.92 Å². The van der Waals surface area contributed by atoms with Crippen molar-refractivity contribution < 1.29 is 0 Å². The summed E-state index contributed by atoms with van der Waals surface area (Å²) < 4.78 is 4.75. The second-order valence-electron chi connectivity index (χ2n) is 14.6. The number of aryl methyl sites for hydroxylation is 1. The molecule has 268 valence electrons. The molecule has 0 aliphatic carbocycles. The molecule has 0 spiro atoms. The van der Waals surface area contributed by atoms with Gasteiger partial charge < -0.3 is 9.13 Å². The van der Waals surface area contributed by atoms with Crippen molar-refractivity contribution in [2.24, 2.45) is 0 Å². The third-order valence-electron chi connectivity index (χ3n) is 11.1. The zero-order chi connectivity index (χ0) is 37.9. The quantitative estimate of drug-likeness (QED) is 0.171. The van der Waals surface area contributed by atoms with Crippen LogP contribution in [-0.2, 0) is 0 Å². The lowest BCUT2D eigenvalue weighted by atomic mass is 10.0. The number of aromatic nitrogens is 5. The third-order valence-corrected chi connectivity index (χ3v) is 11.1. The fraction of sp³-hybridized carbons (Fsp3) is 0.0192. The highest BCUT2D eigenvalue weighted by atomic mass is 15.0. The van der Waals surface area contributed by atoms with E-state index in [0.29, 0.717) is 17.5 Å². The summed E-state index contributed by atoms with van der Waals surface area (Å²) in [4.78, 5) is 14.9. The van der Waals surface area contributed by atoms with Crippen LogP contribution < -0.4 is 0 Å². The fourth-order valence-electron chi connectivity index (χ4n) is 8.42. The van der Waals surface area contributed by atoms with Gasteiger partial charge in [0, 0.05) is 55.8 Å². The molecule has 0 atom stereocenters. The predicted molar refractivity (Wildman–Crippen MR) is 235 cm³/mol. The summed E-state index contributed by atoms with van der Waals surface area (Å²) in [7, 11) is 0. The minimum atomic E-state index is 0.637. The Labute approximate surface area is 329 Å². The van der Waals surface area contributed by atoms with Crippen molar-refractivity contribution in [3.8, 4) is 56.7 Å². The standard InChI is InChI=1S/C52H35N5/c1-34-14-8-10-24-45(34)56-31-30-35-26-27-42-43(49(35)56)28-29-47-48(42)44-23-9-11-25-46(44)57(47)41-22-13-20-39(33-41)38-19-12-21-40(32-38)52-54-50(36-15-4-2-5-16-36)53-51(55-52)37-17-6-3-7-18-37/h2-33H,1H3. The van der Waals surface area contributed by atoms with E-state index in [9.17, 15) is 0 Å². The number of hydrogen-bond donors (Lipinski definition) is 0. The molecule has 3 aromatic heterocycles. The number of benzene rings is 8. The van der Waals surface area contributed by atoms with Gasteiger partial charge in [0.2, 0.25) is 0 Å². The summed E-state index contributed by atoms with van der Waals surface area (Å²) in [5, 5.41) is 6.21. The van der Waals surface area contributed by atoms with Crippen LogP contribution in [0.1, 0.15) is 5.56 Å². The molecule has 0 amide bonds. The lowest BCUT2D eigenvalue weighted by molar-refractivity contribution is 1.07. The first-order valence-electron chi connectivity index (χ1n) is 19.3. The molecule has 0 fully saturated rings. The Morgan fingerprint density at radius 3 is 1.75 bits per heavy atom. The molecule has 0 radical (unpaired) electrons. The van der Waals surface area contributed by atoms with Crippen LogP contribution in [-0.4, -0.2) is 24.1 Å². The van der Waals surface area contributed by atoms with Crippen molar-refractivity contribution in [3.63, 3.8) is 0 Å². The first kappa shape index (κ1) is 32.8. The SMILES string of the molecule is Cc1ccccc1-n1ccc2ccc3c(ccc4c3c3ccccc3n4-c3cccc(-c4cccc(-c5nc(-c6ccccc6)nc(-c6ccccc6)n5)c4)c3)c21. The van der Waals surface area contributed by atoms with Crippen LogP contribution in [0.25, 0.3) is 100 Å². The molecule has 0 unspecified atom stereocenters. The van der Waals surface area contributed by atoms with Gasteiger partial charge in [-0.2, -0.15) is 0 Å². The Hall–Kier alpha value is -7.63. The van der Waals surface area contributed by atoms with E-state index < -0.39 is 0 Å². The van der Waals surface area contributed by atoms with Gasteiger partial charge in [-0.3, -0.25) is 0 Å². The van der Waals surface area contributed by atoms with E-state index in [2.05, 4.69) is 150 Å². The number of rotatable bonds is 6. The van der Waals surface area contributed by atoms with Gasteiger partial charge in [0.1, 0.15) is 0 Å². The number of nitrogens with zero attached hydrogens (tertiary/aromatic N) is 5. The van der Waals surface area contributed by atoms with Gasteiger partial charge in [0.15, 0.2) is 17.5 Å². The smallest absolute Gasteiger partial charge is 0.164 e. The molecule has 3 heterocycles. The highest BCUT2D eigenvalue weighted by molar-refractivity contribution is 6.25. The molecule has 0 saturated heterocycles. The maximum Gasteiger partial charge on any atom is 0.164 e. The van der Waals surface area contributed by atoms with Gasteiger partial charge in [-0.05, 0) is 71.5 Å². The minimum absolute atomic E-state index is 0.637. The number of para-hydroxylation sites is 2. The van der Waals surface area contributed by atoms with E-state index in [0.717, 1.165) is 33.5 Å². The van der Waals surface area contributed by atoms with E-state index in [4.69, 9.17) is 15.0 Å². The van der Waals surface area contributed by atoms with Gasteiger partial charge in [-0.1, -0.05) is 146 Å². The van der Waals surface area contributed by atoms with Crippen LogP contribution >= 0.6 is 0 Å². The largest absolute Gasteiger partial charge is 0.316 e.